The average molecular weight is 393 g/mol. The molecule has 2 N–H and O–H groups in total. The van der Waals surface area contributed by atoms with E-state index in [1.54, 1.807) is 16.7 Å². The molecule has 3 aromatic heterocycles. The molecule has 0 radical (unpaired) electrons. The fourth-order valence-corrected chi connectivity index (χ4v) is 4.64. The van der Waals surface area contributed by atoms with Crippen LogP contribution in [-0.4, -0.2) is 28.4 Å². The molecule has 26 heavy (non-hydrogen) atoms. The van der Waals surface area contributed by atoms with Crippen LogP contribution in [0.3, 0.4) is 0 Å². The van der Waals surface area contributed by atoms with E-state index in [4.69, 9.17) is 11.6 Å². The van der Waals surface area contributed by atoms with E-state index in [1.807, 2.05) is 13.1 Å². The van der Waals surface area contributed by atoms with Crippen LogP contribution in [-0.2, 0) is 0 Å². The molecule has 1 aliphatic rings. The molecule has 0 atom stereocenters. The normalized spacial score (nSPS) is 15.5. The van der Waals surface area contributed by atoms with Crippen LogP contribution in [0.25, 0.3) is 5.65 Å². The molecule has 1 saturated heterocycles. The zero-order chi connectivity index (χ0) is 18.3. The van der Waals surface area contributed by atoms with Crippen molar-refractivity contribution < 1.29 is 9.18 Å². The molecule has 136 valence electrons. The largest absolute Gasteiger partial charge is 0.320 e. The van der Waals surface area contributed by atoms with Crippen molar-refractivity contribution in [3.63, 3.8) is 0 Å². The Balaban J connectivity index is 1.57. The first-order valence-electron chi connectivity index (χ1n) is 8.47. The Kier molecular flexibility index (Phi) is 4.69. The van der Waals surface area contributed by atoms with E-state index in [-0.39, 0.29) is 4.88 Å². The fraction of sp³-hybridized carbons (Fsp3) is 0.333. The first-order chi connectivity index (χ1) is 12.5. The zero-order valence-electron chi connectivity index (χ0n) is 14.2. The average Bonchev–Trinajstić information content (AvgIpc) is 3.18. The van der Waals surface area contributed by atoms with Crippen LogP contribution in [0, 0.1) is 12.7 Å². The van der Waals surface area contributed by atoms with E-state index in [0.717, 1.165) is 36.5 Å². The van der Waals surface area contributed by atoms with Gasteiger partial charge in [-0.05, 0) is 50.9 Å². The predicted octanol–water partition coefficient (Wildman–Crippen LogP) is 4.22. The van der Waals surface area contributed by atoms with Crippen LogP contribution in [0.15, 0.2) is 24.5 Å². The van der Waals surface area contributed by atoms with E-state index in [9.17, 15) is 9.18 Å². The SMILES string of the molecule is Cc1cn2cc(NC(=O)c3sc(C4CCNCC4)cc3F)cc(Cl)c2n1. The number of thiophene rings is 1. The minimum atomic E-state index is -0.466. The molecule has 0 aromatic carbocycles. The lowest BCUT2D eigenvalue weighted by molar-refractivity contribution is 0.102. The van der Waals surface area contributed by atoms with Crippen molar-refractivity contribution in [2.24, 2.45) is 0 Å². The number of hydrogen-bond donors (Lipinski definition) is 2. The molecule has 4 rings (SSSR count). The van der Waals surface area contributed by atoms with E-state index >= 15 is 0 Å². The summed E-state index contributed by atoms with van der Waals surface area (Å²) in [5.74, 6) is -0.608. The van der Waals surface area contributed by atoms with Crippen molar-refractivity contribution in [2.75, 3.05) is 18.4 Å². The second-order valence-corrected chi connectivity index (χ2v) is 7.99. The third-order valence-corrected chi connectivity index (χ3v) is 6.09. The summed E-state index contributed by atoms with van der Waals surface area (Å²) in [6.07, 6.45) is 5.47. The van der Waals surface area contributed by atoms with Gasteiger partial charge in [-0.25, -0.2) is 9.37 Å². The molecule has 0 unspecified atom stereocenters. The number of nitrogens with zero attached hydrogens (tertiary/aromatic N) is 2. The third kappa shape index (κ3) is 3.34. The molecule has 1 aliphatic heterocycles. The molecule has 1 amide bonds. The number of pyridine rings is 1. The maximum absolute atomic E-state index is 14.3. The molecule has 1 fully saturated rings. The lowest BCUT2D eigenvalue weighted by atomic mass is 9.96. The molecule has 0 aliphatic carbocycles. The van der Waals surface area contributed by atoms with Crippen LogP contribution in [0.2, 0.25) is 5.02 Å². The molecular formula is C18H18ClFN4OS. The maximum atomic E-state index is 14.3. The maximum Gasteiger partial charge on any atom is 0.268 e. The molecule has 5 nitrogen and oxygen atoms in total. The Bertz CT molecular complexity index is 977. The molecule has 4 heterocycles. The number of rotatable bonds is 3. The number of carbonyl (C=O) groups is 1. The number of anilines is 1. The first-order valence-corrected chi connectivity index (χ1v) is 9.67. The molecule has 0 bridgehead atoms. The number of aryl methyl sites for hydroxylation is 1. The van der Waals surface area contributed by atoms with Gasteiger partial charge in [0.05, 0.1) is 16.4 Å². The quantitative estimate of drug-likeness (QED) is 0.701. The summed E-state index contributed by atoms with van der Waals surface area (Å²) in [7, 11) is 0. The van der Waals surface area contributed by atoms with Crippen molar-refractivity contribution in [3.05, 3.63) is 50.8 Å². The molecule has 3 aromatic rings. The Labute approximate surface area is 159 Å². The van der Waals surface area contributed by atoms with Crippen LogP contribution in [0.5, 0.6) is 0 Å². The Morgan fingerprint density at radius 3 is 2.92 bits per heavy atom. The number of carbonyl (C=O) groups excluding carboxylic acids is 1. The summed E-state index contributed by atoms with van der Waals surface area (Å²) < 4.78 is 16.1. The number of aromatic nitrogens is 2. The van der Waals surface area contributed by atoms with Gasteiger partial charge in [0.15, 0.2) is 5.65 Å². The number of amides is 1. The van der Waals surface area contributed by atoms with E-state index < -0.39 is 11.7 Å². The van der Waals surface area contributed by atoms with Crippen LogP contribution in [0.4, 0.5) is 10.1 Å². The minimum absolute atomic E-state index is 0.108. The molecule has 8 heteroatoms. The van der Waals surface area contributed by atoms with Gasteiger partial charge < -0.3 is 15.0 Å². The van der Waals surface area contributed by atoms with E-state index in [1.165, 1.54) is 17.4 Å². The number of fused-ring (bicyclic) bond motifs is 1. The summed E-state index contributed by atoms with van der Waals surface area (Å²) in [5, 5.41) is 6.47. The van der Waals surface area contributed by atoms with Crippen molar-refractivity contribution in [2.45, 2.75) is 25.7 Å². The molecule has 0 saturated carbocycles. The summed E-state index contributed by atoms with van der Waals surface area (Å²) in [5.41, 5.74) is 1.95. The standard InChI is InChI=1S/C18H18ClFN4OS/c1-10-8-24-9-12(6-13(19)17(24)22-10)23-18(25)16-14(20)7-15(26-16)11-2-4-21-5-3-11/h6-9,11,21H,2-5H2,1H3,(H,23,25). The van der Waals surface area contributed by atoms with Crippen molar-refractivity contribution in [1.29, 1.82) is 0 Å². The Morgan fingerprint density at radius 1 is 1.38 bits per heavy atom. The number of halogens is 2. The van der Waals surface area contributed by atoms with Gasteiger partial charge in [0.25, 0.3) is 5.91 Å². The monoisotopic (exact) mass is 392 g/mol. The van der Waals surface area contributed by atoms with Crippen LogP contribution < -0.4 is 10.6 Å². The summed E-state index contributed by atoms with van der Waals surface area (Å²) in [4.78, 5) is 17.9. The lowest BCUT2D eigenvalue weighted by Gasteiger charge is -2.21. The van der Waals surface area contributed by atoms with Gasteiger partial charge in [-0.15, -0.1) is 11.3 Å². The second-order valence-electron chi connectivity index (χ2n) is 6.49. The van der Waals surface area contributed by atoms with Gasteiger partial charge in [0.1, 0.15) is 10.7 Å². The van der Waals surface area contributed by atoms with Crippen molar-refractivity contribution in [1.82, 2.24) is 14.7 Å². The third-order valence-electron chi connectivity index (χ3n) is 4.54. The van der Waals surface area contributed by atoms with Gasteiger partial charge in [0, 0.05) is 17.3 Å². The number of piperidine rings is 1. The van der Waals surface area contributed by atoms with E-state index in [0.29, 0.717) is 22.3 Å². The summed E-state index contributed by atoms with van der Waals surface area (Å²) in [6.45, 7) is 3.72. The van der Waals surface area contributed by atoms with Crippen molar-refractivity contribution in [3.8, 4) is 0 Å². The topological polar surface area (TPSA) is 58.4 Å². The van der Waals surface area contributed by atoms with Crippen LogP contribution >= 0.6 is 22.9 Å². The van der Waals surface area contributed by atoms with Gasteiger partial charge >= 0.3 is 0 Å². The predicted molar refractivity (Wildman–Crippen MR) is 102 cm³/mol. The fourth-order valence-electron chi connectivity index (χ4n) is 3.28. The Morgan fingerprint density at radius 2 is 2.15 bits per heavy atom. The van der Waals surface area contributed by atoms with E-state index in [2.05, 4.69) is 15.6 Å². The lowest BCUT2D eigenvalue weighted by Crippen LogP contribution is -2.26. The molecular weight excluding hydrogens is 375 g/mol. The minimum Gasteiger partial charge on any atom is -0.320 e. The first kappa shape index (κ1) is 17.5. The highest BCUT2D eigenvalue weighted by molar-refractivity contribution is 7.14. The summed E-state index contributed by atoms with van der Waals surface area (Å²) >= 11 is 7.47. The molecule has 0 spiro atoms. The van der Waals surface area contributed by atoms with Crippen molar-refractivity contribution >= 4 is 40.2 Å². The highest BCUT2D eigenvalue weighted by atomic mass is 35.5. The second kappa shape index (κ2) is 6.98. The van der Waals surface area contributed by atoms with Gasteiger partial charge in [-0.3, -0.25) is 4.79 Å². The van der Waals surface area contributed by atoms with Gasteiger partial charge in [0.2, 0.25) is 0 Å². The number of hydrogen-bond acceptors (Lipinski definition) is 4. The highest BCUT2D eigenvalue weighted by Crippen LogP contribution is 2.33. The van der Waals surface area contributed by atoms with Gasteiger partial charge in [-0.2, -0.15) is 0 Å². The zero-order valence-corrected chi connectivity index (χ0v) is 15.8. The number of nitrogens with one attached hydrogen (secondary N) is 2. The number of imidazole rings is 1. The van der Waals surface area contributed by atoms with Crippen LogP contribution in [0.1, 0.15) is 39.0 Å². The van der Waals surface area contributed by atoms with Gasteiger partial charge in [-0.1, -0.05) is 11.6 Å². The Hall–Kier alpha value is -1.96. The summed E-state index contributed by atoms with van der Waals surface area (Å²) in [6, 6.07) is 3.13. The smallest absolute Gasteiger partial charge is 0.268 e. The highest BCUT2D eigenvalue weighted by Gasteiger charge is 2.23.